The van der Waals surface area contributed by atoms with E-state index in [-0.39, 0.29) is 18.6 Å². The summed E-state index contributed by atoms with van der Waals surface area (Å²) < 4.78 is 0. The van der Waals surface area contributed by atoms with Gasteiger partial charge in [-0.25, -0.2) is 4.79 Å². The van der Waals surface area contributed by atoms with Gasteiger partial charge in [0.25, 0.3) is 0 Å². The summed E-state index contributed by atoms with van der Waals surface area (Å²) >= 11 is 0. The molecule has 2 N–H and O–H groups in total. The number of amides is 2. The van der Waals surface area contributed by atoms with Crippen LogP contribution >= 0.6 is 0 Å². The van der Waals surface area contributed by atoms with E-state index in [0.29, 0.717) is 19.5 Å². The predicted octanol–water partition coefficient (Wildman–Crippen LogP) is 0.971. The van der Waals surface area contributed by atoms with Crippen molar-refractivity contribution in [2.75, 3.05) is 46.9 Å². The Hall–Kier alpha value is -2.07. The van der Waals surface area contributed by atoms with Gasteiger partial charge in [0.05, 0.1) is 5.60 Å². The maximum absolute atomic E-state index is 12.3. The standard InChI is InChI=1S/C21H29N3O3/c1-22(2)20(26)24-12-10-21(27)9-11-23(15-19(21)16-24)14-18-7-5-17(6-8-18)4-3-13-25/h5-8,19,25,27H,9-16H2,1-2H3/t19-,21-/m1/s1. The molecular formula is C21H29N3O3. The van der Waals surface area contributed by atoms with Crippen molar-refractivity contribution in [2.24, 2.45) is 5.92 Å². The number of carbonyl (C=O) groups excluding carboxylic acids is 1. The SMILES string of the molecule is CN(C)C(=O)N1CC[C@]2(O)CCN(Cc3ccc(C#CCO)cc3)C[C@@H]2C1. The summed E-state index contributed by atoms with van der Waals surface area (Å²) in [7, 11) is 3.54. The summed E-state index contributed by atoms with van der Waals surface area (Å²) in [5.41, 5.74) is 1.45. The van der Waals surface area contributed by atoms with Crippen molar-refractivity contribution in [3.63, 3.8) is 0 Å². The number of likely N-dealkylation sites (tertiary alicyclic amines) is 2. The first-order valence-corrected chi connectivity index (χ1v) is 9.51. The van der Waals surface area contributed by atoms with Crippen LogP contribution in [0.5, 0.6) is 0 Å². The summed E-state index contributed by atoms with van der Waals surface area (Å²) in [6.07, 6.45) is 1.41. The van der Waals surface area contributed by atoms with Crippen LogP contribution in [0.25, 0.3) is 0 Å². The van der Waals surface area contributed by atoms with E-state index < -0.39 is 5.60 Å². The van der Waals surface area contributed by atoms with Crippen molar-refractivity contribution >= 4 is 6.03 Å². The number of piperidine rings is 2. The van der Waals surface area contributed by atoms with Crippen LogP contribution in [0, 0.1) is 17.8 Å². The summed E-state index contributed by atoms with van der Waals surface area (Å²) in [5.74, 6) is 5.64. The van der Waals surface area contributed by atoms with Crippen LogP contribution in [0.15, 0.2) is 24.3 Å². The Labute approximate surface area is 161 Å². The Kier molecular flexibility index (Phi) is 6.05. The van der Waals surface area contributed by atoms with Crippen molar-refractivity contribution in [1.29, 1.82) is 0 Å². The van der Waals surface area contributed by atoms with Gasteiger partial charge in [-0.1, -0.05) is 24.0 Å². The van der Waals surface area contributed by atoms with E-state index >= 15 is 0 Å². The van der Waals surface area contributed by atoms with Crippen molar-refractivity contribution in [3.8, 4) is 11.8 Å². The Morgan fingerprint density at radius 1 is 1.22 bits per heavy atom. The first kappa shape index (κ1) is 19.7. The molecule has 27 heavy (non-hydrogen) atoms. The largest absolute Gasteiger partial charge is 0.389 e. The number of nitrogens with zero attached hydrogens (tertiary/aromatic N) is 3. The molecule has 2 saturated heterocycles. The normalized spacial score (nSPS) is 25.3. The highest BCUT2D eigenvalue weighted by atomic mass is 16.3. The third-order valence-electron chi connectivity index (χ3n) is 5.68. The topological polar surface area (TPSA) is 67.2 Å². The molecule has 146 valence electrons. The fraction of sp³-hybridized carbons (Fsp3) is 0.571. The van der Waals surface area contributed by atoms with E-state index in [4.69, 9.17) is 5.11 Å². The number of aliphatic hydroxyl groups is 2. The Morgan fingerprint density at radius 3 is 2.59 bits per heavy atom. The van der Waals surface area contributed by atoms with E-state index in [2.05, 4.69) is 28.9 Å². The monoisotopic (exact) mass is 371 g/mol. The third kappa shape index (κ3) is 4.62. The van der Waals surface area contributed by atoms with Gasteiger partial charge in [-0.05, 0) is 30.5 Å². The van der Waals surface area contributed by atoms with Crippen molar-refractivity contribution < 1.29 is 15.0 Å². The summed E-state index contributed by atoms with van der Waals surface area (Å²) in [6, 6.07) is 8.08. The molecule has 2 aliphatic rings. The molecule has 0 unspecified atom stereocenters. The van der Waals surface area contributed by atoms with Crippen LogP contribution in [0.2, 0.25) is 0 Å². The average Bonchev–Trinajstić information content (AvgIpc) is 2.66. The number of carbonyl (C=O) groups is 1. The molecule has 0 aliphatic carbocycles. The maximum atomic E-state index is 12.3. The summed E-state index contributed by atoms with van der Waals surface area (Å²) in [4.78, 5) is 18.1. The molecule has 1 aromatic rings. The first-order valence-electron chi connectivity index (χ1n) is 9.51. The molecule has 0 saturated carbocycles. The van der Waals surface area contributed by atoms with Gasteiger partial charge in [0, 0.05) is 58.3 Å². The zero-order valence-corrected chi connectivity index (χ0v) is 16.2. The van der Waals surface area contributed by atoms with E-state index in [1.807, 2.05) is 17.0 Å². The molecule has 1 aromatic carbocycles. The number of aliphatic hydroxyl groups excluding tert-OH is 1. The summed E-state index contributed by atoms with van der Waals surface area (Å²) in [6.45, 7) is 3.58. The van der Waals surface area contributed by atoms with Gasteiger partial charge in [0.2, 0.25) is 0 Å². The summed E-state index contributed by atoms with van der Waals surface area (Å²) in [5, 5.41) is 19.8. The second-order valence-corrected chi connectivity index (χ2v) is 7.82. The van der Waals surface area contributed by atoms with Gasteiger partial charge >= 0.3 is 6.03 Å². The van der Waals surface area contributed by atoms with Crippen LogP contribution in [0.4, 0.5) is 4.79 Å². The predicted molar refractivity (Wildman–Crippen MR) is 104 cm³/mol. The molecule has 2 atom stereocenters. The minimum atomic E-state index is -0.649. The molecule has 2 aliphatic heterocycles. The minimum Gasteiger partial charge on any atom is -0.389 e. The lowest BCUT2D eigenvalue weighted by Gasteiger charge is -2.50. The fourth-order valence-corrected chi connectivity index (χ4v) is 4.06. The van der Waals surface area contributed by atoms with Gasteiger partial charge in [-0.15, -0.1) is 0 Å². The van der Waals surface area contributed by atoms with Crippen LogP contribution < -0.4 is 0 Å². The van der Waals surface area contributed by atoms with Gasteiger partial charge < -0.3 is 20.0 Å². The highest BCUT2D eigenvalue weighted by Gasteiger charge is 2.45. The molecule has 3 rings (SSSR count). The van der Waals surface area contributed by atoms with E-state index in [1.54, 1.807) is 19.0 Å². The van der Waals surface area contributed by atoms with Gasteiger partial charge in [-0.2, -0.15) is 0 Å². The highest BCUT2D eigenvalue weighted by molar-refractivity contribution is 5.74. The first-order chi connectivity index (χ1) is 12.9. The van der Waals surface area contributed by atoms with E-state index in [0.717, 1.165) is 31.6 Å². The number of rotatable bonds is 2. The van der Waals surface area contributed by atoms with Crippen LogP contribution in [-0.2, 0) is 6.54 Å². The Bertz CT molecular complexity index is 722. The van der Waals surface area contributed by atoms with Crippen LogP contribution in [0.3, 0.4) is 0 Å². The lowest BCUT2D eigenvalue weighted by Crippen LogP contribution is -2.61. The second kappa shape index (κ2) is 8.30. The maximum Gasteiger partial charge on any atom is 0.319 e. The molecule has 2 heterocycles. The molecule has 0 radical (unpaired) electrons. The van der Waals surface area contributed by atoms with Gasteiger partial charge in [0.1, 0.15) is 6.61 Å². The molecular weight excluding hydrogens is 342 g/mol. The number of fused-ring (bicyclic) bond motifs is 1. The molecule has 0 aromatic heterocycles. The lowest BCUT2D eigenvalue weighted by atomic mass is 9.75. The Morgan fingerprint density at radius 2 is 1.93 bits per heavy atom. The Balaban J connectivity index is 1.62. The molecule has 2 fully saturated rings. The van der Waals surface area contributed by atoms with Crippen LogP contribution in [-0.4, -0.2) is 83.4 Å². The average molecular weight is 371 g/mol. The third-order valence-corrected chi connectivity index (χ3v) is 5.68. The van der Waals surface area contributed by atoms with Gasteiger partial charge in [-0.3, -0.25) is 4.90 Å². The molecule has 0 bridgehead atoms. The van der Waals surface area contributed by atoms with Crippen LogP contribution in [0.1, 0.15) is 24.0 Å². The van der Waals surface area contributed by atoms with Crippen molar-refractivity contribution in [3.05, 3.63) is 35.4 Å². The quantitative estimate of drug-likeness (QED) is 0.761. The smallest absolute Gasteiger partial charge is 0.319 e. The number of benzene rings is 1. The molecule has 0 spiro atoms. The molecule has 2 amide bonds. The number of hydrogen-bond donors (Lipinski definition) is 2. The number of hydrogen-bond acceptors (Lipinski definition) is 4. The highest BCUT2D eigenvalue weighted by Crippen LogP contribution is 2.36. The zero-order valence-electron chi connectivity index (χ0n) is 16.2. The second-order valence-electron chi connectivity index (χ2n) is 7.82. The minimum absolute atomic E-state index is 0.0220. The number of urea groups is 1. The van der Waals surface area contributed by atoms with Crippen molar-refractivity contribution in [2.45, 2.75) is 25.0 Å². The zero-order chi connectivity index (χ0) is 19.4. The lowest BCUT2D eigenvalue weighted by molar-refractivity contribution is -0.108. The van der Waals surface area contributed by atoms with Crippen molar-refractivity contribution in [1.82, 2.24) is 14.7 Å². The van der Waals surface area contributed by atoms with E-state index in [1.165, 1.54) is 5.56 Å². The molecule has 6 nitrogen and oxygen atoms in total. The van der Waals surface area contributed by atoms with E-state index in [9.17, 15) is 9.90 Å². The van der Waals surface area contributed by atoms with Gasteiger partial charge in [0.15, 0.2) is 0 Å². The molecule has 6 heteroatoms. The fourth-order valence-electron chi connectivity index (χ4n) is 4.06.